The van der Waals surface area contributed by atoms with Crippen molar-refractivity contribution in [2.75, 3.05) is 51.3 Å². The average Bonchev–Trinajstić information content (AvgIpc) is 3.44. The first-order valence-corrected chi connectivity index (χ1v) is 15.4. The number of ether oxygens (including phenoxy) is 1. The SMILES string of the molecule is COC(=O)C[C@H]1CCC[C@@H]1[C@](CNC(C)=O)(c1cccc(F)c1)C1CCN(CC2CN(c3ccc(C#N)cc3)C2)CC1. The van der Waals surface area contributed by atoms with Crippen LogP contribution in [0.2, 0.25) is 0 Å². The quantitative estimate of drug-likeness (QED) is 0.407. The van der Waals surface area contributed by atoms with Crippen LogP contribution in [0.3, 0.4) is 0 Å². The van der Waals surface area contributed by atoms with E-state index in [0.717, 1.165) is 70.4 Å². The Balaban J connectivity index is 1.31. The molecule has 1 amide bonds. The molecule has 8 heteroatoms. The molecule has 0 bridgehead atoms. The van der Waals surface area contributed by atoms with Crippen LogP contribution in [0, 0.1) is 40.8 Å². The van der Waals surface area contributed by atoms with E-state index >= 15 is 0 Å². The van der Waals surface area contributed by atoms with Crippen molar-refractivity contribution >= 4 is 17.6 Å². The molecular weight excluding hydrogens is 531 g/mol. The largest absolute Gasteiger partial charge is 0.469 e. The second-order valence-corrected chi connectivity index (χ2v) is 12.5. The Bertz CT molecular complexity index is 1280. The van der Waals surface area contributed by atoms with E-state index in [4.69, 9.17) is 10.00 Å². The van der Waals surface area contributed by atoms with Crippen LogP contribution in [-0.4, -0.2) is 63.2 Å². The Hall–Kier alpha value is -3.44. The number of halogens is 1. The zero-order chi connectivity index (χ0) is 29.7. The maximum atomic E-state index is 14.8. The Kier molecular flexibility index (Phi) is 9.47. The van der Waals surface area contributed by atoms with E-state index in [-0.39, 0.29) is 35.4 Å². The van der Waals surface area contributed by atoms with Gasteiger partial charge in [0.25, 0.3) is 0 Å². The van der Waals surface area contributed by atoms with Crippen LogP contribution in [0.25, 0.3) is 0 Å². The van der Waals surface area contributed by atoms with Crippen molar-refractivity contribution < 1.29 is 18.7 Å². The second-order valence-electron chi connectivity index (χ2n) is 12.5. The van der Waals surface area contributed by atoms with Gasteiger partial charge < -0.3 is 19.9 Å². The summed E-state index contributed by atoms with van der Waals surface area (Å²) in [6, 6.07) is 16.9. The summed E-state index contributed by atoms with van der Waals surface area (Å²) in [5, 5.41) is 12.2. The van der Waals surface area contributed by atoms with Crippen LogP contribution in [0.5, 0.6) is 0 Å². The molecule has 2 aliphatic heterocycles. The van der Waals surface area contributed by atoms with Crippen molar-refractivity contribution in [2.45, 2.75) is 50.9 Å². The molecule has 0 spiro atoms. The molecule has 224 valence electrons. The van der Waals surface area contributed by atoms with Gasteiger partial charge in [-0.25, -0.2) is 4.39 Å². The van der Waals surface area contributed by atoms with Gasteiger partial charge in [-0.3, -0.25) is 9.59 Å². The standard InChI is InChI=1S/C34H43FN4O3/c1-24(40)37-23-34(29-6-4-7-30(35)18-29,32-8-3-5-27(32)17-33(41)42-2)28-13-15-38(16-14-28)20-26-21-39(22-26)31-11-9-25(19-36)10-12-31/h4,6-7,9-12,18,26-28,32H,3,5,8,13-17,20-23H2,1-2H3,(H,37,40)/t27-,32+,34+/m1/s1. The van der Waals surface area contributed by atoms with Crippen LogP contribution in [0.1, 0.15) is 56.6 Å². The van der Waals surface area contributed by atoms with Crippen LogP contribution in [0.4, 0.5) is 10.1 Å². The number of benzene rings is 2. The van der Waals surface area contributed by atoms with Crippen molar-refractivity contribution in [3.63, 3.8) is 0 Å². The highest BCUT2D eigenvalue weighted by molar-refractivity contribution is 5.73. The van der Waals surface area contributed by atoms with Gasteiger partial charge in [-0.2, -0.15) is 5.26 Å². The number of carbonyl (C=O) groups excluding carboxylic acids is 2. The van der Waals surface area contributed by atoms with Crippen molar-refractivity contribution in [1.29, 1.82) is 5.26 Å². The van der Waals surface area contributed by atoms with Crippen LogP contribution in [-0.2, 0) is 19.7 Å². The molecule has 2 aromatic carbocycles. The molecule has 0 aromatic heterocycles. The summed E-state index contributed by atoms with van der Waals surface area (Å²) in [5.74, 6) is 0.574. The third kappa shape index (κ3) is 6.47. The zero-order valence-corrected chi connectivity index (χ0v) is 24.9. The van der Waals surface area contributed by atoms with Crippen molar-refractivity contribution in [3.8, 4) is 6.07 Å². The van der Waals surface area contributed by atoms with Crippen molar-refractivity contribution in [3.05, 3.63) is 65.5 Å². The molecular formula is C34H43FN4O3. The fraction of sp³-hybridized carbons (Fsp3) is 0.559. The number of esters is 1. The first-order valence-electron chi connectivity index (χ1n) is 15.4. The summed E-state index contributed by atoms with van der Waals surface area (Å²) >= 11 is 0. The van der Waals surface area contributed by atoms with Gasteiger partial charge in [0.15, 0.2) is 0 Å². The van der Waals surface area contributed by atoms with E-state index in [1.165, 1.54) is 18.9 Å². The topological polar surface area (TPSA) is 85.7 Å². The van der Waals surface area contributed by atoms with E-state index < -0.39 is 5.41 Å². The molecule has 7 nitrogen and oxygen atoms in total. The summed E-state index contributed by atoms with van der Waals surface area (Å²) < 4.78 is 19.8. The van der Waals surface area contributed by atoms with E-state index in [0.29, 0.717) is 24.4 Å². The smallest absolute Gasteiger partial charge is 0.305 e. The van der Waals surface area contributed by atoms with Gasteiger partial charge in [0.05, 0.1) is 18.7 Å². The monoisotopic (exact) mass is 574 g/mol. The number of piperidine rings is 1. The number of nitrogens with zero attached hydrogens (tertiary/aromatic N) is 3. The van der Waals surface area contributed by atoms with E-state index in [2.05, 4.69) is 21.2 Å². The zero-order valence-electron chi connectivity index (χ0n) is 24.9. The molecule has 1 aliphatic carbocycles. The molecule has 42 heavy (non-hydrogen) atoms. The maximum Gasteiger partial charge on any atom is 0.305 e. The number of anilines is 1. The minimum absolute atomic E-state index is 0.0902. The Labute approximate surface area is 249 Å². The lowest BCUT2D eigenvalue weighted by molar-refractivity contribution is -0.142. The third-order valence-corrected chi connectivity index (χ3v) is 10.1. The molecule has 2 aromatic rings. The fourth-order valence-corrected chi connectivity index (χ4v) is 8.07. The lowest BCUT2D eigenvalue weighted by Gasteiger charge is -2.51. The highest BCUT2D eigenvalue weighted by atomic mass is 19.1. The van der Waals surface area contributed by atoms with Crippen molar-refractivity contribution in [1.82, 2.24) is 10.2 Å². The number of amides is 1. The van der Waals surface area contributed by atoms with Gasteiger partial charge in [-0.05, 0) is 98.5 Å². The predicted molar refractivity (Wildman–Crippen MR) is 160 cm³/mol. The molecule has 1 N–H and O–H groups in total. The minimum atomic E-state index is -0.460. The Morgan fingerprint density at radius 1 is 1.10 bits per heavy atom. The van der Waals surface area contributed by atoms with Gasteiger partial charge in [0.2, 0.25) is 5.91 Å². The van der Waals surface area contributed by atoms with Gasteiger partial charge in [0, 0.05) is 56.5 Å². The van der Waals surface area contributed by atoms with E-state index in [1.54, 1.807) is 19.1 Å². The van der Waals surface area contributed by atoms with Crippen molar-refractivity contribution in [2.24, 2.45) is 23.7 Å². The predicted octanol–water partition coefficient (Wildman–Crippen LogP) is 4.90. The molecule has 3 atom stereocenters. The Morgan fingerprint density at radius 2 is 1.83 bits per heavy atom. The van der Waals surface area contributed by atoms with Gasteiger partial charge in [-0.1, -0.05) is 18.6 Å². The summed E-state index contributed by atoms with van der Waals surface area (Å²) in [4.78, 5) is 29.6. The van der Waals surface area contributed by atoms with Gasteiger partial charge in [0.1, 0.15) is 5.82 Å². The summed E-state index contributed by atoms with van der Waals surface area (Å²) in [5.41, 5.74) is 2.33. The summed E-state index contributed by atoms with van der Waals surface area (Å²) in [6.07, 6.45) is 5.18. The first kappa shape index (κ1) is 30.0. The molecule has 0 radical (unpaired) electrons. The molecule has 1 saturated carbocycles. The normalized spacial score (nSPS) is 23.0. The molecule has 3 fully saturated rings. The lowest BCUT2D eigenvalue weighted by Crippen LogP contribution is -2.56. The number of nitrogens with one attached hydrogen (secondary N) is 1. The summed E-state index contributed by atoms with van der Waals surface area (Å²) in [7, 11) is 1.44. The van der Waals surface area contributed by atoms with E-state index in [9.17, 15) is 14.0 Å². The molecule has 2 saturated heterocycles. The minimum Gasteiger partial charge on any atom is -0.469 e. The number of hydrogen-bond acceptors (Lipinski definition) is 6. The number of rotatable bonds is 10. The molecule has 2 heterocycles. The fourth-order valence-electron chi connectivity index (χ4n) is 8.07. The molecule has 0 unspecified atom stereocenters. The first-order chi connectivity index (χ1) is 20.3. The average molecular weight is 575 g/mol. The maximum absolute atomic E-state index is 14.8. The summed E-state index contributed by atoms with van der Waals surface area (Å²) in [6.45, 7) is 6.98. The number of nitriles is 1. The Morgan fingerprint density at radius 3 is 2.48 bits per heavy atom. The molecule has 5 rings (SSSR count). The molecule has 3 aliphatic rings. The van der Waals surface area contributed by atoms with Crippen LogP contribution < -0.4 is 10.2 Å². The number of likely N-dealkylation sites (tertiary alicyclic amines) is 1. The van der Waals surface area contributed by atoms with Gasteiger partial charge >= 0.3 is 5.97 Å². The highest BCUT2D eigenvalue weighted by Crippen LogP contribution is 2.53. The third-order valence-electron chi connectivity index (χ3n) is 10.1. The van der Waals surface area contributed by atoms with E-state index in [1.807, 2.05) is 30.3 Å². The number of methoxy groups -OCH3 is 1. The lowest BCUT2D eigenvalue weighted by atomic mass is 9.57. The number of hydrogen-bond donors (Lipinski definition) is 1. The van der Waals surface area contributed by atoms with Crippen LogP contribution >= 0.6 is 0 Å². The second kappa shape index (κ2) is 13.2. The number of carbonyl (C=O) groups is 2. The van der Waals surface area contributed by atoms with Crippen LogP contribution in [0.15, 0.2) is 48.5 Å². The highest BCUT2D eigenvalue weighted by Gasteiger charge is 2.52. The van der Waals surface area contributed by atoms with Gasteiger partial charge in [-0.15, -0.1) is 0 Å².